The maximum Gasteiger partial charge on any atom is 3.00 e. The van der Waals surface area contributed by atoms with E-state index < -0.39 is 63.4 Å². The zero-order valence-corrected chi connectivity index (χ0v) is 27.6. The summed E-state index contributed by atoms with van der Waals surface area (Å²) in [7, 11) is -1.91. The molecule has 0 aliphatic rings. The van der Waals surface area contributed by atoms with Crippen LogP contribution in [0.1, 0.15) is 6.92 Å². The SMILES string of the molecule is CC(CN(CC(=O)[O-])CC(=O)[O-])N(CC(=O)[O-])CC(=O)[O-].[Fe+3].c1ccc([P+](c2ccccc2)(c2ccccc2)c2ccccc2)cc1. The van der Waals surface area contributed by atoms with Crippen LogP contribution in [0.5, 0.6) is 0 Å². The molecule has 47 heavy (non-hydrogen) atoms. The van der Waals surface area contributed by atoms with Gasteiger partial charge in [0, 0.05) is 38.8 Å². The Morgan fingerprint density at radius 1 is 0.511 bits per heavy atom. The van der Waals surface area contributed by atoms with Crippen LogP contribution >= 0.6 is 7.26 Å². The average molecular weight is 697 g/mol. The molecule has 0 aliphatic heterocycles. The topological polar surface area (TPSA) is 167 Å². The van der Waals surface area contributed by atoms with Gasteiger partial charge in [0.1, 0.15) is 28.5 Å². The number of carbonyl (C=O) groups is 4. The van der Waals surface area contributed by atoms with E-state index in [0.717, 1.165) is 9.80 Å². The van der Waals surface area contributed by atoms with Crippen molar-refractivity contribution >= 4 is 52.4 Å². The molecule has 0 heterocycles. The van der Waals surface area contributed by atoms with Crippen LogP contribution in [0.4, 0.5) is 0 Å². The summed E-state index contributed by atoms with van der Waals surface area (Å²) >= 11 is 0. The standard InChI is InChI=1S/C24H20P.C11H18N2O8.Fe/c1-5-13-21(14-6-1)25(22-15-7-2-8-16-22,23-17-9-3-10-18-23)24-19-11-4-12-20-24;1-7(13(5-10(18)19)6-11(20)21)2-12(3-8(14)15)4-9(16)17;/h1-20H;7H,2-6H2,1H3,(H,14,15)(H,16,17)(H,18,19)(H,20,21);/q+1;;+3/p-4. The van der Waals surface area contributed by atoms with Crippen molar-refractivity contribution in [1.82, 2.24) is 9.80 Å². The minimum absolute atomic E-state index is 0. The maximum absolute atomic E-state index is 10.5. The zero-order valence-electron chi connectivity index (χ0n) is 25.6. The predicted molar refractivity (Wildman–Crippen MR) is 169 cm³/mol. The molecule has 0 N–H and O–H groups in total. The van der Waals surface area contributed by atoms with Gasteiger partial charge in [-0.2, -0.15) is 0 Å². The van der Waals surface area contributed by atoms with Gasteiger partial charge in [0.05, 0.1) is 23.9 Å². The fraction of sp³-hybridized carbons (Fsp3) is 0.200. The normalized spacial score (nSPS) is 11.5. The molecule has 1 atom stereocenters. The Labute approximate surface area is 285 Å². The first-order valence-corrected chi connectivity index (χ1v) is 16.2. The Kier molecular flexibility index (Phi) is 16.0. The van der Waals surface area contributed by atoms with E-state index in [1.807, 2.05) is 0 Å². The van der Waals surface area contributed by atoms with Gasteiger partial charge in [-0.15, -0.1) is 0 Å². The number of rotatable bonds is 15. The molecule has 0 bridgehead atoms. The van der Waals surface area contributed by atoms with Gasteiger partial charge in [0.15, 0.2) is 0 Å². The van der Waals surface area contributed by atoms with E-state index in [1.165, 1.54) is 28.1 Å². The van der Waals surface area contributed by atoms with Crippen molar-refractivity contribution in [3.8, 4) is 0 Å². The van der Waals surface area contributed by atoms with Crippen LogP contribution < -0.4 is 41.6 Å². The summed E-state index contributed by atoms with van der Waals surface area (Å²) in [5.41, 5.74) is 0. The molecule has 4 aromatic carbocycles. The maximum atomic E-state index is 10.5. The molecular formula is C35H34FeN2O8P. The number of carboxylic acid groups (broad SMARTS) is 4. The first-order chi connectivity index (χ1) is 22.0. The van der Waals surface area contributed by atoms with Crippen LogP contribution in [0, 0.1) is 0 Å². The van der Waals surface area contributed by atoms with Crippen LogP contribution in [0.2, 0.25) is 0 Å². The van der Waals surface area contributed by atoms with Gasteiger partial charge < -0.3 is 39.6 Å². The van der Waals surface area contributed by atoms with Crippen LogP contribution in [0.3, 0.4) is 0 Å². The van der Waals surface area contributed by atoms with Crippen LogP contribution in [-0.2, 0) is 36.2 Å². The van der Waals surface area contributed by atoms with Crippen LogP contribution in [-0.4, -0.2) is 72.4 Å². The molecule has 0 saturated heterocycles. The fourth-order valence-corrected chi connectivity index (χ4v) is 9.51. The summed E-state index contributed by atoms with van der Waals surface area (Å²) in [6.07, 6.45) is 0. The molecule has 0 spiro atoms. The van der Waals surface area contributed by atoms with Gasteiger partial charge in [0.2, 0.25) is 0 Å². The Morgan fingerprint density at radius 3 is 1.00 bits per heavy atom. The van der Waals surface area contributed by atoms with Crippen LogP contribution in [0.25, 0.3) is 0 Å². The van der Waals surface area contributed by atoms with Gasteiger partial charge in [-0.1, -0.05) is 72.8 Å². The first-order valence-electron chi connectivity index (χ1n) is 14.4. The molecule has 0 amide bonds. The molecule has 0 fully saturated rings. The minimum atomic E-state index is -1.91. The van der Waals surface area contributed by atoms with Gasteiger partial charge in [-0.25, -0.2) is 0 Å². The molecule has 245 valence electrons. The van der Waals surface area contributed by atoms with Gasteiger partial charge >= 0.3 is 17.1 Å². The van der Waals surface area contributed by atoms with Gasteiger partial charge in [-0.05, 0) is 55.5 Å². The Balaban J connectivity index is 0.000000327. The molecule has 1 radical (unpaired) electrons. The smallest absolute Gasteiger partial charge is 0.549 e. The van der Waals surface area contributed by atoms with E-state index in [9.17, 15) is 39.6 Å². The summed E-state index contributed by atoms with van der Waals surface area (Å²) in [6.45, 7) is -1.70. The predicted octanol–water partition coefficient (Wildman–Crippen LogP) is -2.72. The van der Waals surface area contributed by atoms with Crippen molar-refractivity contribution in [1.29, 1.82) is 0 Å². The largest absolute Gasteiger partial charge is 3.00 e. The number of hydrogen-bond acceptors (Lipinski definition) is 10. The third-order valence-corrected chi connectivity index (χ3v) is 11.4. The third kappa shape index (κ3) is 11.4. The second-order valence-electron chi connectivity index (χ2n) is 10.4. The molecular weight excluding hydrogens is 663 g/mol. The van der Waals surface area contributed by atoms with E-state index in [-0.39, 0.29) is 23.6 Å². The number of benzene rings is 4. The van der Waals surface area contributed by atoms with Crippen molar-refractivity contribution in [3.05, 3.63) is 121 Å². The minimum Gasteiger partial charge on any atom is -0.549 e. The van der Waals surface area contributed by atoms with E-state index in [1.54, 1.807) is 0 Å². The Hall–Kier alpha value is -4.37. The fourth-order valence-electron chi connectivity index (χ4n) is 5.24. The quantitative estimate of drug-likeness (QED) is 0.0942. The van der Waals surface area contributed by atoms with Crippen molar-refractivity contribution in [2.75, 3.05) is 32.7 Å². The zero-order chi connectivity index (χ0) is 33.5. The van der Waals surface area contributed by atoms with Gasteiger partial charge in [-0.3, -0.25) is 9.80 Å². The molecule has 12 heteroatoms. The second kappa shape index (κ2) is 19.3. The number of nitrogens with zero attached hydrogens (tertiary/aromatic N) is 2. The third-order valence-electron chi connectivity index (χ3n) is 7.09. The summed E-state index contributed by atoms with van der Waals surface area (Å²) in [6, 6.07) is 43.0. The Bertz CT molecular complexity index is 1370. The molecule has 0 saturated carbocycles. The van der Waals surface area contributed by atoms with Gasteiger partial charge in [0.25, 0.3) is 0 Å². The number of carbonyl (C=O) groups excluding carboxylic acids is 4. The molecule has 0 aromatic heterocycles. The number of carboxylic acids is 4. The number of hydrogen-bond donors (Lipinski definition) is 0. The summed E-state index contributed by atoms with van der Waals surface area (Å²) in [5.74, 6) is -6.13. The molecule has 4 rings (SSSR count). The van der Waals surface area contributed by atoms with Crippen molar-refractivity contribution in [3.63, 3.8) is 0 Å². The monoisotopic (exact) mass is 697 g/mol. The van der Waals surface area contributed by atoms with E-state index >= 15 is 0 Å². The van der Waals surface area contributed by atoms with E-state index in [4.69, 9.17) is 0 Å². The summed E-state index contributed by atoms with van der Waals surface area (Å²) in [5, 5.41) is 47.7. The van der Waals surface area contributed by atoms with E-state index in [2.05, 4.69) is 121 Å². The van der Waals surface area contributed by atoms with Crippen LogP contribution in [0.15, 0.2) is 121 Å². The molecule has 0 aliphatic carbocycles. The second-order valence-corrected chi connectivity index (χ2v) is 13.8. The summed E-state index contributed by atoms with van der Waals surface area (Å²) < 4.78 is 0. The number of aliphatic carboxylic acids is 4. The molecule has 10 nitrogen and oxygen atoms in total. The first kappa shape index (κ1) is 38.8. The molecule has 1 unspecified atom stereocenters. The van der Waals surface area contributed by atoms with Crippen molar-refractivity contribution in [2.45, 2.75) is 13.0 Å². The average Bonchev–Trinajstić information content (AvgIpc) is 3.02. The van der Waals surface area contributed by atoms with Crippen molar-refractivity contribution in [2.24, 2.45) is 0 Å². The van der Waals surface area contributed by atoms with Crippen molar-refractivity contribution < 1.29 is 56.7 Å². The molecule has 4 aromatic rings. The summed E-state index contributed by atoms with van der Waals surface area (Å²) in [4.78, 5) is 44.0. The van der Waals surface area contributed by atoms with E-state index in [0.29, 0.717) is 0 Å². The Morgan fingerprint density at radius 2 is 0.766 bits per heavy atom.